The highest BCUT2D eigenvalue weighted by atomic mass is 35.5. The molecule has 1 N–H and O–H groups in total. The lowest BCUT2D eigenvalue weighted by molar-refractivity contribution is -0.136. The molecular formula is C11H11ClN6O2. The molecule has 8 nitrogen and oxygen atoms in total. The number of hydrogen-bond acceptors (Lipinski definition) is 6. The fourth-order valence-corrected chi connectivity index (χ4v) is 2.27. The van der Waals surface area contributed by atoms with E-state index in [-0.39, 0.29) is 23.4 Å². The molecule has 2 aromatic rings. The lowest BCUT2D eigenvalue weighted by Gasteiger charge is -2.15. The minimum Gasteiger partial charge on any atom is -0.357 e. The van der Waals surface area contributed by atoms with Crippen LogP contribution in [0, 0.1) is 6.92 Å². The molecule has 1 fully saturated rings. The van der Waals surface area contributed by atoms with Crippen LogP contribution in [0.1, 0.15) is 12.0 Å². The molecule has 0 saturated carbocycles. The first-order valence-electron chi connectivity index (χ1n) is 5.92. The summed E-state index contributed by atoms with van der Waals surface area (Å²) in [7, 11) is 1.46. The summed E-state index contributed by atoms with van der Waals surface area (Å²) < 4.78 is 1.46. The van der Waals surface area contributed by atoms with Crippen LogP contribution in [0.5, 0.6) is 0 Å². The van der Waals surface area contributed by atoms with Gasteiger partial charge in [-0.3, -0.25) is 14.5 Å². The van der Waals surface area contributed by atoms with Crippen LogP contribution in [0.3, 0.4) is 0 Å². The fraction of sp³-hybridized carbons (Fsp3) is 0.364. The van der Waals surface area contributed by atoms with E-state index in [0.29, 0.717) is 17.2 Å². The van der Waals surface area contributed by atoms with Crippen LogP contribution in [0.4, 0.5) is 5.82 Å². The number of fused-ring (bicyclic) bond motifs is 1. The summed E-state index contributed by atoms with van der Waals surface area (Å²) in [6.45, 7) is 1.75. The lowest BCUT2D eigenvalue weighted by Crippen LogP contribution is -2.32. The first-order valence-corrected chi connectivity index (χ1v) is 6.29. The standard InChI is InChI=1S/C11H11ClN6O2/c1-5-8(12)16-11-13-4-14-18(11)9(5)15-6-3-7(19)17(2)10(6)20/h4,6,15H,3H2,1-2H3. The summed E-state index contributed by atoms with van der Waals surface area (Å²) in [5.41, 5.74) is 0.638. The average Bonchev–Trinajstić information content (AvgIpc) is 2.96. The molecule has 0 aliphatic carbocycles. The van der Waals surface area contributed by atoms with E-state index in [1.54, 1.807) is 6.92 Å². The van der Waals surface area contributed by atoms with Crippen molar-refractivity contribution in [3.63, 3.8) is 0 Å². The second-order valence-electron chi connectivity index (χ2n) is 4.54. The van der Waals surface area contributed by atoms with E-state index in [9.17, 15) is 9.59 Å². The van der Waals surface area contributed by atoms with Gasteiger partial charge < -0.3 is 5.32 Å². The Bertz CT molecular complexity index is 727. The maximum atomic E-state index is 11.9. The fourth-order valence-electron chi connectivity index (χ4n) is 2.10. The number of imide groups is 1. The van der Waals surface area contributed by atoms with Gasteiger partial charge >= 0.3 is 0 Å². The SMILES string of the molecule is Cc1c(Cl)nc2ncnn2c1NC1CC(=O)N(C)C1=O. The molecule has 3 heterocycles. The predicted octanol–water partition coefficient (Wildman–Crippen LogP) is 0.255. The van der Waals surface area contributed by atoms with E-state index < -0.39 is 6.04 Å². The zero-order valence-electron chi connectivity index (χ0n) is 10.8. The van der Waals surface area contributed by atoms with Crippen LogP contribution >= 0.6 is 11.6 Å². The second kappa shape index (κ2) is 4.41. The summed E-state index contributed by atoms with van der Waals surface area (Å²) in [5.74, 6) is 0.336. The van der Waals surface area contributed by atoms with Gasteiger partial charge in [0.15, 0.2) is 0 Å². The Kier molecular flexibility index (Phi) is 2.82. The monoisotopic (exact) mass is 294 g/mol. The maximum Gasteiger partial charge on any atom is 0.255 e. The number of amides is 2. The van der Waals surface area contributed by atoms with Gasteiger partial charge in [-0.05, 0) is 6.92 Å². The van der Waals surface area contributed by atoms with Crippen LogP contribution in [-0.4, -0.2) is 49.4 Å². The molecule has 0 bridgehead atoms. The molecule has 1 unspecified atom stereocenters. The van der Waals surface area contributed by atoms with Gasteiger partial charge in [-0.1, -0.05) is 11.6 Å². The summed E-state index contributed by atoms with van der Waals surface area (Å²) in [5, 5.41) is 7.33. The number of rotatable bonds is 2. The van der Waals surface area contributed by atoms with E-state index >= 15 is 0 Å². The normalized spacial score (nSPS) is 19.1. The molecule has 0 spiro atoms. The van der Waals surface area contributed by atoms with E-state index in [1.165, 1.54) is 17.9 Å². The number of hydrogen-bond donors (Lipinski definition) is 1. The number of carbonyl (C=O) groups is 2. The highest BCUT2D eigenvalue weighted by Crippen LogP contribution is 2.24. The summed E-state index contributed by atoms with van der Waals surface area (Å²) >= 11 is 6.03. The number of nitrogens with one attached hydrogen (secondary N) is 1. The zero-order valence-corrected chi connectivity index (χ0v) is 11.5. The van der Waals surface area contributed by atoms with Crippen molar-refractivity contribution in [2.45, 2.75) is 19.4 Å². The van der Waals surface area contributed by atoms with Crippen molar-refractivity contribution in [2.75, 3.05) is 12.4 Å². The highest BCUT2D eigenvalue weighted by molar-refractivity contribution is 6.30. The van der Waals surface area contributed by atoms with Crippen LogP contribution in [0.2, 0.25) is 5.15 Å². The van der Waals surface area contributed by atoms with Crippen molar-refractivity contribution in [2.24, 2.45) is 0 Å². The van der Waals surface area contributed by atoms with Gasteiger partial charge in [-0.15, -0.1) is 0 Å². The first-order chi connectivity index (χ1) is 9.49. The van der Waals surface area contributed by atoms with E-state index in [2.05, 4.69) is 20.4 Å². The molecule has 104 valence electrons. The molecule has 1 saturated heterocycles. The molecule has 3 rings (SSSR count). The van der Waals surface area contributed by atoms with Gasteiger partial charge in [-0.2, -0.15) is 19.6 Å². The van der Waals surface area contributed by atoms with Crippen molar-refractivity contribution in [3.8, 4) is 0 Å². The van der Waals surface area contributed by atoms with Crippen LogP contribution in [0.25, 0.3) is 5.78 Å². The zero-order chi connectivity index (χ0) is 14.4. The Labute approximate surface area is 118 Å². The Morgan fingerprint density at radius 1 is 1.45 bits per heavy atom. The third-order valence-electron chi connectivity index (χ3n) is 3.30. The third-order valence-corrected chi connectivity index (χ3v) is 3.66. The number of likely N-dealkylation sites (N-methyl/N-ethyl adjacent to an activating group) is 1. The molecule has 20 heavy (non-hydrogen) atoms. The van der Waals surface area contributed by atoms with Gasteiger partial charge in [-0.25, -0.2) is 0 Å². The summed E-state index contributed by atoms with van der Waals surface area (Å²) in [6, 6.07) is -0.628. The van der Waals surface area contributed by atoms with Gasteiger partial charge in [0.05, 0.1) is 6.42 Å². The van der Waals surface area contributed by atoms with Crippen molar-refractivity contribution in [3.05, 3.63) is 17.0 Å². The van der Waals surface area contributed by atoms with Crippen LogP contribution < -0.4 is 5.32 Å². The maximum absolute atomic E-state index is 11.9. The topological polar surface area (TPSA) is 92.5 Å². The van der Waals surface area contributed by atoms with Crippen molar-refractivity contribution in [1.82, 2.24) is 24.5 Å². The Morgan fingerprint density at radius 2 is 2.20 bits per heavy atom. The minimum atomic E-state index is -0.628. The quantitative estimate of drug-likeness (QED) is 0.631. The predicted molar refractivity (Wildman–Crippen MR) is 70.3 cm³/mol. The third kappa shape index (κ3) is 1.80. The Hall–Kier alpha value is -2.22. The number of carbonyl (C=O) groups excluding carboxylic acids is 2. The smallest absolute Gasteiger partial charge is 0.255 e. The highest BCUT2D eigenvalue weighted by Gasteiger charge is 2.36. The van der Waals surface area contributed by atoms with E-state index in [0.717, 1.165) is 4.90 Å². The molecule has 2 amide bonds. The molecular weight excluding hydrogens is 284 g/mol. The second-order valence-corrected chi connectivity index (χ2v) is 4.90. The van der Waals surface area contributed by atoms with Gasteiger partial charge in [0.25, 0.3) is 11.7 Å². The molecule has 0 radical (unpaired) electrons. The number of halogens is 1. The average molecular weight is 295 g/mol. The van der Waals surface area contributed by atoms with Crippen molar-refractivity contribution in [1.29, 1.82) is 0 Å². The van der Waals surface area contributed by atoms with Gasteiger partial charge in [0.2, 0.25) is 5.91 Å². The largest absolute Gasteiger partial charge is 0.357 e. The Balaban J connectivity index is 2.03. The minimum absolute atomic E-state index is 0.102. The Morgan fingerprint density at radius 3 is 2.85 bits per heavy atom. The van der Waals surface area contributed by atoms with E-state index in [1.807, 2.05) is 0 Å². The molecule has 1 atom stereocenters. The van der Waals surface area contributed by atoms with Crippen molar-refractivity contribution < 1.29 is 9.59 Å². The number of nitrogens with zero attached hydrogens (tertiary/aromatic N) is 5. The molecule has 1 aliphatic rings. The van der Waals surface area contributed by atoms with Crippen LogP contribution in [-0.2, 0) is 9.59 Å². The number of likely N-dealkylation sites (tertiary alicyclic amines) is 1. The summed E-state index contributed by atoms with van der Waals surface area (Å²) in [4.78, 5) is 32.6. The van der Waals surface area contributed by atoms with Gasteiger partial charge in [0.1, 0.15) is 23.3 Å². The molecule has 0 aromatic carbocycles. The van der Waals surface area contributed by atoms with Crippen molar-refractivity contribution >= 4 is 35.0 Å². The van der Waals surface area contributed by atoms with Gasteiger partial charge in [0, 0.05) is 12.6 Å². The molecule has 2 aromatic heterocycles. The van der Waals surface area contributed by atoms with E-state index in [4.69, 9.17) is 11.6 Å². The van der Waals surface area contributed by atoms with Crippen LogP contribution in [0.15, 0.2) is 6.33 Å². The number of anilines is 1. The molecule has 9 heteroatoms. The summed E-state index contributed by atoms with van der Waals surface area (Å²) in [6.07, 6.45) is 1.45. The molecule has 1 aliphatic heterocycles. The lowest BCUT2D eigenvalue weighted by atomic mass is 10.2. The first kappa shape index (κ1) is 12.8. The number of aromatic nitrogens is 4.